The Bertz CT molecular complexity index is 798. The number of rotatable bonds is 4. The Kier molecular flexibility index (Phi) is 6.04. The van der Waals surface area contributed by atoms with Crippen LogP contribution in [0.15, 0.2) is 36.4 Å². The van der Waals surface area contributed by atoms with Crippen LogP contribution in [0.2, 0.25) is 15.1 Å². The third-order valence-electron chi connectivity index (χ3n) is 3.03. The van der Waals surface area contributed by atoms with E-state index in [1.165, 1.54) is 37.3 Å². The van der Waals surface area contributed by atoms with Crippen LogP contribution in [0.1, 0.15) is 17.3 Å². The van der Waals surface area contributed by atoms with Crippen LogP contribution < -0.4 is 5.32 Å². The maximum absolute atomic E-state index is 13.5. The monoisotopic (exact) mass is 389 g/mol. The van der Waals surface area contributed by atoms with Gasteiger partial charge in [-0.1, -0.05) is 46.9 Å². The molecular weight excluding hydrogens is 380 g/mol. The van der Waals surface area contributed by atoms with Crippen molar-refractivity contribution < 1.29 is 18.7 Å². The molecule has 4 nitrogen and oxygen atoms in total. The van der Waals surface area contributed by atoms with Gasteiger partial charge in [0, 0.05) is 0 Å². The molecule has 2 aromatic carbocycles. The van der Waals surface area contributed by atoms with Crippen molar-refractivity contribution in [3.63, 3.8) is 0 Å². The molecule has 1 amide bonds. The topological polar surface area (TPSA) is 55.4 Å². The minimum Gasteiger partial charge on any atom is -0.449 e. The number of halogens is 4. The van der Waals surface area contributed by atoms with Gasteiger partial charge in [-0.2, -0.15) is 0 Å². The standard InChI is InChI=1S/C16H11Cl3FNO3/c1-8(15(22)21-12-5-3-2-4-11(12)20)24-16(23)13-9(17)6-7-10(18)14(13)19/h2-8H,1H3,(H,21,22)/t8-/m1/s1. The van der Waals surface area contributed by atoms with Crippen molar-refractivity contribution in [2.24, 2.45) is 0 Å². The van der Waals surface area contributed by atoms with E-state index in [2.05, 4.69) is 5.32 Å². The highest BCUT2D eigenvalue weighted by molar-refractivity contribution is 6.46. The van der Waals surface area contributed by atoms with Crippen LogP contribution in [0, 0.1) is 5.82 Å². The SMILES string of the molecule is C[C@@H](OC(=O)c1c(Cl)ccc(Cl)c1Cl)C(=O)Nc1ccccc1F. The van der Waals surface area contributed by atoms with Crippen molar-refractivity contribution in [1.82, 2.24) is 0 Å². The quantitative estimate of drug-likeness (QED) is 0.592. The molecule has 2 aromatic rings. The number of ether oxygens (including phenoxy) is 1. The van der Waals surface area contributed by atoms with Crippen LogP contribution in [0.25, 0.3) is 0 Å². The summed E-state index contributed by atoms with van der Waals surface area (Å²) >= 11 is 17.7. The number of nitrogens with one attached hydrogen (secondary N) is 1. The number of para-hydroxylation sites is 1. The molecule has 0 heterocycles. The van der Waals surface area contributed by atoms with Crippen molar-refractivity contribution in [2.75, 3.05) is 5.32 Å². The van der Waals surface area contributed by atoms with E-state index in [4.69, 9.17) is 39.5 Å². The molecule has 2 rings (SSSR count). The summed E-state index contributed by atoms with van der Waals surface area (Å²) in [6.07, 6.45) is -1.21. The summed E-state index contributed by atoms with van der Waals surface area (Å²) in [4.78, 5) is 24.2. The number of benzene rings is 2. The Hall–Kier alpha value is -1.82. The average molecular weight is 391 g/mol. The average Bonchev–Trinajstić information content (AvgIpc) is 2.53. The largest absolute Gasteiger partial charge is 0.449 e. The lowest BCUT2D eigenvalue weighted by atomic mass is 10.2. The predicted octanol–water partition coefficient (Wildman–Crippen LogP) is 4.97. The van der Waals surface area contributed by atoms with E-state index in [1.807, 2.05) is 0 Å². The van der Waals surface area contributed by atoms with E-state index >= 15 is 0 Å². The number of hydrogen-bond acceptors (Lipinski definition) is 3. The summed E-state index contributed by atoms with van der Waals surface area (Å²) in [5.74, 6) is -2.23. The van der Waals surface area contributed by atoms with Crippen molar-refractivity contribution in [1.29, 1.82) is 0 Å². The van der Waals surface area contributed by atoms with Crippen molar-refractivity contribution >= 4 is 52.4 Å². The normalized spacial score (nSPS) is 11.7. The lowest BCUT2D eigenvalue weighted by molar-refractivity contribution is -0.123. The Labute approximate surface area is 152 Å². The Morgan fingerprint density at radius 3 is 2.38 bits per heavy atom. The van der Waals surface area contributed by atoms with Crippen LogP contribution in [0.4, 0.5) is 10.1 Å². The summed E-state index contributed by atoms with van der Waals surface area (Å²) < 4.78 is 18.5. The molecule has 24 heavy (non-hydrogen) atoms. The predicted molar refractivity (Wildman–Crippen MR) is 91.4 cm³/mol. The van der Waals surface area contributed by atoms with Crippen LogP contribution in [-0.2, 0) is 9.53 Å². The van der Waals surface area contributed by atoms with E-state index in [-0.39, 0.29) is 26.3 Å². The second-order valence-electron chi connectivity index (χ2n) is 4.73. The molecule has 0 saturated carbocycles. The zero-order valence-electron chi connectivity index (χ0n) is 12.3. The second kappa shape index (κ2) is 7.83. The van der Waals surface area contributed by atoms with Gasteiger partial charge in [-0.05, 0) is 31.2 Å². The van der Waals surface area contributed by atoms with Gasteiger partial charge in [-0.15, -0.1) is 0 Å². The Morgan fingerprint density at radius 2 is 1.71 bits per heavy atom. The van der Waals surface area contributed by atoms with E-state index < -0.39 is 23.8 Å². The zero-order chi connectivity index (χ0) is 17.9. The molecule has 0 spiro atoms. The molecule has 1 atom stereocenters. The smallest absolute Gasteiger partial charge is 0.342 e. The molecule has 0 saturated heterocycles. The summed E-state index contributed by atoms with van der Waals surface area (Å²) in [5.41, 5.74) is -0.166. The highest BCUT2D eigenvalue weighted by Crippen LogP contribution is 2.32. The molecule has 0 aromatic heterocycles. The fraction of sp³-hybridized carbons (Fsp3) is 0.125. The molecule has 1 N–H and O–H groups in total. The van der Waals surface area contributed by atoms with E-state index in [0.717, 1.165) is 0 Å². The van der Waals surface area contributed by atoms with Gasteiger partial charge in [-0.25, -0.2) is 9.18 Å². The number of esters is 1. The number of anilines is 1. The molecule has 126 valence electrons. The van der Waals surface area contributed by atoms with Gasteiger partial charge in [0.2, 0.25) is 0 Å². The van der Waals surface area contributed by atoms with Crippen LogP contribution in [-0.4, -0.2) is 18.0 Å². The van der Waals surface area contributed by atoms with Crippen molar-refractivity contribution in [3.05, 3.63) is 62.8 Å². The highest BCUT2D eigenvalue weighted by Gasteiger charge is 2.24. The third-order valence-corrected chi connectivity index (χ3v) is 4.15. The number of amides is 1. The summed E-state index contributed by atoms with van der Waals surface area (Å²) in [6, 6.07) is 8.43. The molecule has 0 fully saturated rings. The zero-order valence-corrected chi connectivity index (χ0v) is 14.5. The van der Waals surface area contributed by atoms with Crippen molar-refractivity contribution in [2.45, 2.75) is 13.0 Å². The van der Waals surface area contributed by atoms with Crippen LogP contribution in [0.5, 0.6) is 0 Å². The first-order valence-electron chi connectivity index (χ1n) is 6.71. The van der Waals surface area contributed by atoms with Gasteiger partial charge in [0.15, 0.2) is 6.10 Å². The van der Waals surface area contributed by atoms with Gasteiger partial charge in [-0.3, -0.25) is 4.79 Å². The van der Waals surface area contributed by atoms with Crippen LogP contribution in [0.3, 0.4) is 0 Å². The van der Waals surface area contributed by atoms with Gasteiger partial charge in [0.1, 0.15) is 5.82 Å². The summed E-state index contributed by atoms with van der Waals surface area (Å²) in [7, 11) is 0. The number of hydrogen-bond donors (Lipinski definition) is 1. The first-order chi connectivity index (χ1) is 11.3. The number of carbonyl (C=O) groups is 2. The maximum Gasteiger partial charge on any atom is 0.342 e. The minimum absolute atomic E-state index is 0.0239. The first kappa shape index (κ1) is 18.5. The summed E-state index contributed by atoms with van der Waals surface area (Å²) in [6.45, 7) is 1.33. The van der Waals surface area contributed by atoms with Gasteiger partial charge in [0.25, 0.3) is 5.91 Å². The maximum atomic E-state index is 13.5. The van der Waals surface area contributed by atoms with Gasteiger partial charge < -0.3 is 10.1 Å². The van der Waals surface area contributed by atoms with E-state index in [9.17, 15) is 14.0 Å². The lowest BCUT2D eigenvalue weighted by Crippen LogP contribution is -2.30. The summed E-state index contributed by atoms with van der Waals surface area (Å²) in [5, 5.41) is 2.41. The molecule has 0 radical (unpaired) electrons. The minimum atomic E-state index is -1.21. The lowest BCUT2D eigenvalue weighted by Gasteiger charge is -2.15. The molecule has 0 aliphatic heterocycles. The van der Waals surface area contributed by atoms with Gasteiger partial charge in [0.05, 0.1) is 26.3 Å². The van der Waals surface area contributed by atoms with E-state index in [0.29, 0.717) is 0 Å². The first-order valence-corrected chi connectivity index (χ1v) is 7.84. The molecule has 8 heteroatoms. The fourth-order valence-corrected chi connectivity index (χ4v) is 2.47. The fourth-order valence-electron chi connectivity index (χ4n) is 1.78. The van der Waals surface area contributed by atoms with Crippen molar-refractivity contribution in [3.8, 4) is 0 Å². The molecule has 0 aliphatic rings. The van der Waals surface area contributed by atoms with Gasteiger partial charge >= 0.3 is 5.97 Å². The number of carbonyl (C=O) groups excluding carboxylic acids is 2. The molecular formula is C16H11Cl3FNO3. The van der Waals surface area contributed by atoms with Crippen LogP contribution >= 0.6 is 34.8 Å². The molecule has 0 unspecified atom stereocenters. The van der Waals surface area contributed by atoms with E-state index in [1.54, 1.807) is 6.07 Å². The Morgan fingerprint density at radius 1 is 1.08 bits per heavy atom. The highest BCUT2D eigenvalue weighted by atomic mass is 35.5. The second-order valence-corrected chi connectivity index (χ2v) is 5.93. The third kappa shape index (κ3) is 4.17. The Balaban J connectivity index is 2.11. The molecule has 0 aliphatic carbocycles. The molecule has 0 bridgehead atoms.